The molecule has 2 aromatic rings. The Balaban J connectivity index is 1.30. The molecular weight excluding hydrogens is 417 g/mol. The van der Waals surface area contributed by atoms with Gasteiger partial charge in [-0.3, -0.25) is 9.80 Å². The van der Waals surface area contributed by atoms with Crippen molar-refractivity contribution in [3.05, 3.63) is 51.4 Å². The maximum atomic E-state index is 6.47. The van der Waals surface area contributed by atoms with Crippen LogP contribution in [0.25, 0.3) is 0 Å². The molecule has 1 aliphatic carbocycles. The average Bonchev–Trinajstić information content (AvgIpc) is 2.72. The van der Waals surface area contributed by atoms with Gasteiger partial charge in [-0.05, 0) is 43.9 Å². The maximum absolute atomic E-state index is 6.47. The van der Waals surface area contributed by atoms with Crippen molar-refractivity contribution in [3.63, 3.8) is 0 Å². The molecule has 5 nitrogen and oxygen atoms in total. The summed E-state index contributed by atoms with van der Waals surface area (Å²) in [7, 11) is 0. The van der Waals surface area contributed by atoms with Gasteiger partial charge < -0.3 is 4.90 Å². The van der Waals surface area contributed by atoms with E-state index in [1.165, 1.54) is 24.8 Å². The van der Waals surface area contributed by atoms with Crippen molar-refractivity contribution < 1.29 is 0 Å². The number of aromatic nitrogens is 2. The van der Waals surface area contributed by atoms with Crippen LogP contribution in [-0.4, -0.2) is 58.5 Å². The first-order chi connectivity index (χ1) is 14.6. The summed E-state index contributed by atoms with van der Waals surface area (Å²) in [6, 6.07) is 6.84. The van der Waals surface area contributed by atoms with Crippen LogP contribution in [0.3, 0.4) is 0 Å². The van der Waals surface area contributed by atoms with Gasteiger partial charge in [-0.2, -0.15) is 0 Å². The Bertz CT molecular complexity index is 908. The van der Waals surface area contributed by atoms with E-state index in [0.29, 0.717) is 5.02 Å². The molecule has 5 rings (SSSR count). The Morgan fingerprint density at radius 2 is 1.83 bits per heavy atom. The van der Waals surface area contributed by atoms with Crippen molar-refractivity contribution >= 4 is 29.0 Å². The minimum atomic E-state index is 0.215. The van der Waals surface area contributed by atoms with Gasteiger partial charge in [0.2, 0.25) is 0 Å². The van der Waals surface area contributed by atoms with Gasteiger partial charge in [0.1, 0.15) is 12.1 Å². The Morgan fingerprint density at radius 1 is 1.03 bits per heavy atom. The third kappa shape index (κ3) is 3.93. The standard InChI is InChI=1S/C23H29Cl2N5/c1-16(19-6-5-17(24)13-21(19)25)30-8-7-20-22(14-30)26-15-27-23(20)29-11-9-28(10-12-29)18-3-2-4-18/h5-6,13,15-16,18H,2-4,7-12,14H2,1H3. The van der Waals surface area contributed by atoms with E-state index in [0.717, 1.165) is 73.8 Å². The number of anilines is 1. The highest BCUT2D eigenvalue weighted by molar-refractivity contribution is 6.35. The smallest absolute Gasteiger partial charge is 0.135 e. The van der Waals surface area contributed by atoms with Gasteiger partial charge in [0.05, 0.1) is 5.69 Å². The number of fused-ring (bicyclic) bond motifs is 1. The Labute approximate surface area is 189 Å². The second kappa shape index (κ2) is 8.62. The highest BCUT2D eigenvalue weighted by atomic mass is 35.5. The first-order valence-electron chi connectivity index (χ1n) is 11.1. The summed E-state index contributed by atoms with van der Waals surface area (Å²) >= 11 is 12.6. The molecule has 3 heterocycles. The summed E-state index contributed by atoms with van der Waals surface area (Å²) in [6.07, 6.45) is 6.89. The lowest BCUT2D eigenvalue weighted by Gasteiger charge is -2.44. The predicted octanol–water partition coefficient (Wildman–Crippen LogP) is 4.58. The molecule has 1 aromatic heterocycles. The molecule has 2 fully saturated rings. The van der Waals surface area contributed by atoms with Gasteiger partial charge in [0, 0.05) is 67.0 Å². The van der Waals surface area contributed by atoms with E-state index in [1.807, 2.05) is 18.2 Å². The van der Waals surface area contributed by atoms with Gasteiger partial charge in [-0.1, -0.05) is 35.7 Å². The molecule has 160 valence electrons. The molecule has 0 spiro atoms. The van der Waals surface area contributed by atoms with Crippen molar-refractivity contribution in [2.24, 2.45) is 0 Å². The van der Waals surface area contributed by atoms with Gasteiger partial charge in [0.25, 0.3) is 0 Å². The Morgan fingerprint density at radius 3 is 2.53 bits per heavy atom. The van der Waals surface area contributed by atoms with Crippen molar-refractivity contribution in [2.45, 2.75) is 51.2 Å². The summed E-state index contributed by atoms with van der Waals surface area (Å²) < 4.78 is 0. The zero-order chi connectivity index (χ0) is 20.7. The quantitative estimate of drug-likeness (QED) is 0.687. The summed E-state index contributed by atoms with van der Waals surface area (Å²) in [6.45, 7) is 8.47. The molecule has 0 radical (unpaired) electrons. The van der Waals surface area contributed by atoms with Gasteiger partial charge in [-0.15, -0.1) is 0 Å². The number of benzene rings is 1. The summed E-state index contributed by atoms with van der Waals surface area (Å²) in [4.78, 5) is 17.0. The molecule has 30 heavy (non-hydrogen) atoms. The van der Waals surface area contributed by atoms with Gasteiger partial charge in [-0.25, -0.2) is 9.97 Å². The monoisotopic (exact) mass is 445 g/mol. The summed E-state index contributed by atoms with van der Waals surface area (Å²) in [5, 5.41) is 1.41. The topological polar surface area (TPSA) is 35.5 Å². The predicted molar refractivity (Wildman–Crippen MR) is 122 cm³/mol. The second-order valence-corrected chi connectivity index (χ2v) is 9.64. The minimum absolute atomic E-state index is 0.215. The molecule has 1 saturated heterocycles. The van der Waals surface area contributed by atoms with Crippen LogP contribution in [0.2, 0.25) is 10.0 Å². The zero-order valence-electron chi connectivity index (χ0n) is 17.5. The van der Waals surface area contributed by atoms with E-state index in [-0.39, 0.29) is 6.04 Å². The van der Waals surface area contributed by atoms with E-state index in [2.05, 4.69) is 26.6 Å². The number of halogens is 2. The molecule has 1 unspecified atom stereocenters. The highest BCUT2D eigenvalue weighted by Gasteiger charge is 2.31. The lowest BCUT2D eigenvalue weighted by Crippen LogP contribution is -2.52. The van der Waals surface area contributed by atoms with Crippen LogP contribution >= 0.6 is 23.2 Å². The van der Waals surface area contributed by atoms with Crippen LogP contribution in [0.1, 0.15) is 49.0 Å². The maximum Gasteiger partial charge on any atom is 0.135 e. The fourth-order valence-electron chi connectivity index (χ4n) is 5.05. The fourth-order valence-corrected chi connectivity index (χ4v) is 5.61. The van der Waals surface area contributed by atoms with E-state index in [1.54, 1.807) is 6.33 Å². The minimum Gasteiger partial charge on any atom is -0.354 e. The Hall–Kier alpha value is -1.40. The average molecular weight is 446 g/mol. The first kappa shape index (κ1) is 20.5. The van der Waals surface area contributed by atoms with Crippen LogP contribution in [0, 0.1) is 0 Å². The van der Waals surface area contributed by atoms with Crippen molar-refractivity contribution in [2.75, 3.05) is 37.6 Å². The SMILES string of the molecule is CC(c1ccc(Cl)cc1Cl)N1CCc2c(ncnc2N2CCN(C3CCC3)CC2)C1. The van der Waals surface area contributed by atoms with Gasteiger partial charge in [0.15, 0.2) is 0 Å². The zero-order valence-corrected chi connectivity index (χ0v) is 19.0. The lowest BCUT2D eigenvalue weighted by atomic mass is 9.91. The van der Waals surface area contributed by atoms with Crippen molar-refractivity contribution in [1.29, 1.82) is 0 Å². The third-order valence-electron chi connectivity index (χ3n) is 7.18. The van der Waals surface area contributed by atoms with E-state index >= 15 is 0 Å². The molecule has 0 N–H and O–H groups in total. The molecule has 0 bridgehead atoms. The summed E-state index contributed by atoms with van der Waals surface area (Å²) in [5.74, 6) is 1.16. The van der Waals surface area contributed by atoms with Crippen LogP contribution in [0.15, 0.2) is 24.5 Å². The number of piperazine rings is 1. The molecule has 0 amide bonds. The fraction of sp³-hybridized carbons (Fsp3) is 0.565. The van der Waals surface area contributed by atoms with Crippen LogP contribution in [0.5, 0.6) is 0 Å². The first-order valence-corrected chi connectivity index (χ1v) is 11.9. The van der Waals surface area contributed by atoms with Crippen molar-refractivity contribution in [3.8, 4) is 0 Å². The molecule has 7 heteroatoms. The molecule has 3 aliphatic rings. The summed E-state index contributed by atoms with van der Waals surface area (Å²) in [5.41, 5.74) is 3.61. The molecule has 1 aromatic carbocycles. The van der Waals surface area contributed by atoms with Crippen LogP contribution in [-0.2, 0) is 13.0 Å². The number of hydrogen-bond acceptors (Lipinski definition) is 5. The van der Waals surface area contributed by atoms with E-state index < -0.39 is 0 Å². The van der Waals surface area contributed by atoms with E-state index in [4.69, 9.17) is 28.2 Å². The van der Waals surface area contributed by atoms with Crippen LogP contribution < -0.4 is 4.90 Å². The second-order valence-electron chi connectivity index (χ2n) is 8.79. The van der Waals surface area contributed by atoms with Crippen LogP contribution in [0.4, 0.5) is 5.82 Å². The largest absolute Gasteiger partial charge is 0.354 e. The lowest BCUT2D eigenvalue weighted by molar-refractivity contribution is 0.120. The Kier molecular flexibility index (Phi) is 5.89. The molecule has 1 atom stereocenters. The van der Waals surface area contributed by atoms with E-state index in [9.17, 15) is 0 Å². The molecule has 2 aliphatic heterocycles. The number of hydrogen-bond donors (Lipinski definition) is 0. The highest BCUT2D eigenvalue weighted by Crippen LogP contribution is 2.34. The number of rotatable bonds is 4. The van der Waals surface area contributed by atoms with Crippen molar-refractivity contribution in [1.82, 2.24) is 19.8 Å². The van der Waals surface area contributed by atoms with Gasteiger partial charge >= 0.3 is 0 Å². The third-order valence-corrected chi connectivity index (χ3v) is 7.74. The molecule has 1 saturated carbocycles. The number of nitrogens with zero attached hydrogens (tertiary/aromatic N) is 5. The normalized spacial score (nSPS) is 21.9. The molecular formula is C23H29Cl2N5.